The second kappa shape index (κ2) is 9.12. The molecule has 0 saturated carbocycles. The number of ketones is 1. The van der Waals surface area contributed by atoms with E-state index in [1.54, 1.807) is 0 Å². The van der Waals surface area contributed by atoms with Crippen LogP contribution in [-0.4, -0.2) is 12.3 Å². The molecule has 164 valence electrons. The maximum Gasteiger partial charge on any atom is 0.204 e. The Morgan fingerprint density at radius 2 is 1.72 bits per heavy atom. The van der Waals surface area contributed by atoms with Gasteiger partial charge in [0.2, 0.25) is 5.36 Å². The first-order chi connectivity index (χ1) is 15.5. The highest BCUT2D eigenvalue weighted by atomic mass is 16.3. The van der Waals surface area contributed by atoms with Crippen LogP contribution in [0, 0.1) is 13.8 Å². The number of fused-ring (bicyclic) bond motifs is 2. The molecule has 1 N–H and O–H groups in total. The third-order valence-corrected chi connectivity index (χ3v) is 6.23. The van der Waals surface area contributed by atoms with Crippen molar-refractivity contribution < 1.29 is 14.2 Å². The van der Waals surface area contributed by atoms with E-state index in [0.29, 0.717) is 6.42 Å². The molecule has 0 radical (unpaired) electrons. The van der Waals surface area contributed by atoms with Crippen LogP contribution < -0.4 is 10.3 Å². The van der Waals surface area contributed by atoms with Crippen LogP contribution in [0.1, 0.15) is 60.7 Å². The van der Waals surface area contributed by atoms with Gasteiger partial charge in [-0.1, -0.05) is 44.5 Å². The van der Waals surface area contributed by atoms with Crippen molar-refractivity contribution in [2.45, 2.75) is 53.9 Å². The molecule has 0 fully saturated rings. The fourth-order valence-corrected chi connectivity index (χ4v) is 4.59. The van der Waals surface area contributed by atoms with Crippen LogP contribution in [0.25, 0.3) is 33.4 Å². The molecule has 0 atom stereocenters. The monoisotopic (exact) mass is 426 g/mol. The Balaban J connectivity index is 2.18. The van der Waals surface area contributed by atoms with Crippen molar-refractivity contribution in [3.63, 3.8) is 0 Å². The van der Waals surface area contributed by atoms with E-state index in [-0.39, 0.29) is 5.78 Å². The second-order valence-electron chi connectivity index (χ2n) is 8.52. The average Bonchev–Trinajstić information content (AvgIpc) is 2.79. The number of Topliss-reactive ketones (excluding diaryl/α,β-unsaturated/α-hetero) is 1. The number of hydrogen-bond donors (Lipinski definition) is 1. The molecule has 4 rings (SSSR count). The maximum atomic E-state index is 12.9. The molecule has 0 spiro atoms. The summed E-state index contributed by atoms with van der Waals surface area (Å²) < 4.78 is 6.49. The summed E-state index contributed by atoms with van der Waals surface area (Å²) in [6, 6.07) is 16.7. The summed E-state index contributed by atoms with van der Waals surface area (Å²) in [5.41, 5.74) is 8.46. The number of carbonyl (C=O) groups is 1. The van der Waals surface area contributed by atoms with Crippen LogP contribution in [0.2, 0.25) is 0 Å². The van der Waals surface area contributed by atoms with Crippen LogP contribution in [0.4, 0.5) is 0 Å². The minimum Gasteiger partial charge on any atom is -0.456 e. The summed E-state index contributed by atoms with van der Waals surface area (Å²) in [5.74, 6) is 0.988. The number of carbonyl (C=O) groups excluding carboxylic acids is 1. The molecule has 1 heterocycles. The lowest BCUT2D eigenvalue weighted by molar-refractivity contribution is -0.496. The van der Waals surface area contributed by atoms with E-state index in [0.717, 1.165) is 69.3 Å². The number of aryl methyl sites for hydroxylation is 3. The molecule has 32 heavy (non-hydrogen) atoms. The minimum atomic E-state index is 0.156. The highest BCUT2D eigenvalue weighted by molar-refractivity contribution is 6.09. The van der Waals surface area contributed by atoms with E-state index >= 15 is 0 Å². The Morgan fingerprint density at radius 3 is 2.44 bits per heavy atom. The first kappa shape index (κ1) is 22.0. The molecule has 0 saturated heterocycles. The van der Waals surface area contributed by atoms with Crippen molar-refractivity contribution in [2.75, 3.05) is 6.54 Å². The molecule has 0 aromatic heterocycles. The van der Waals surface area contributed by atoms with E-state index in [2.05, 4.69) is 63.0 Å². The van der Waals surface area contributed by atoms with E-state index in [1.165, 1.54) is 11.1 Å². The molecule has 2 aromatic carbocycles. The van der Waals surface area contributed by atoms with Gasteiger partial charge >= 0.3 is 0 Å². The van der Waals surface area contributed by atoms with Gasteiger partial charge in [-0.25, -0.2) is 4.99 Å². The summed E-state index contributed by atoms with van der Waals surface area (Å²) in [7, 11) is 0. The van der Waals surface area contributed by atoms with Crippen molar-refractivity contribution in [3.8, 4) is 22.5 Å². The van der Waals surface area contributed by atoms with Gasteiger partial charge in [0, 0.05) is 34.1 Å². The van der Waals surface area contributed by atoms with Gasteiger partial charge in [-0.15, -0.1) is 0 Å². The van der Waals surface area contributed by atoms with Crippen LogP contribution in [0.5, 0.6) is 0 Å². The molecule has 0 unspecified atom stereocenters. The maximum absolute atomic E-state index is 12.9. The van der Waals surface area contributed by atoms with Crippen molar-refractivity contribution in [2.24, 2.45) is 0 Å². The zero-order valence-corrected chi connectivity index (χ0v) is 19.8. The van der Waals surface area contributed by atoms with Gasteiger partial charge in [-0.3, -0.25) is 4.79 Å². The Kier molecular flexibility index (Phi) is 6.27. The second-order valence-corrected chi connectivity index (χ2v) is 8.52. The van der Waals surface area contributed by atoms with Gasteiger partial charge in [0.05, 0.1) is 6.07 Å². The topological polar surface area (TPSA) is 44.2 Å². The van der Waals surface area contributed by atoms with E-state index < -0.39 is 0 Å². The molecule has 1 aliphatic carbocycles. The molecule has 1 aliphatic heterocycles. The lowest BCUT2D eigenvalue weighted by Crippen LogP contribution is -2.76. The normalized spacial score (nSPS) is 12.1. The molecule has 3 heteroatoms. The minimum absolute atomic E-state index is 0.156. The Bertz CT molecular complexity index is 1340. The zero-order chi connectivity index (χ0) is 22.8. The Labute approximate surface area is 190 Å². The molecular formula is C29H32NO2+. The molecule has 0 bridgehead atoms. The van der Waals surface area contributed by atoms with Gasteiger partial charge in [0.25, 0.3) is 0 Å². The quantitative estimate of drug-likeness (QED) is 0.333. The van der Waals surface area contributed by atoms with Crippen molar-refractivity contribution in [1.29, 1.82) is 0 Å². The highest BCUT2D eigenvalue weighted by Crippen LogP contribution is 2.42. The standard InChI is InChI=1S/C29H31NO2/c1-6-11-20-16-27-23(14-18(20)4)29(22-13-10-9-12-21(22)26(31)7-2)24-15-19(5)25(30-8-3)17-28(24)32-27/h9-10,12-17H,6-8,11H2,1-5H3/p+1. The van der Waals surface area contributed by atoms with Crippen LogP contribution in [0.3, 0.4) is 0 Å². The fourth-order valence-electron chi connectivity index (χ4n) is 4.59. The fraction of sp³-hybridized carbons (Fsp3) is 0.310. The largest absolute Gasteiger partial charge is 0.456 e. The summed E-state index contributed by atoms with van der Waals surface area (Å²) in [6.45, 7) is 11.3. The lowest BCUT2D eigenvalue weighted by Gasteiger charge is -2.19. The van der Waals surface area contributed by atoms with Crippen LogP contribution in [-0.2, 0) is 6.42 Å². The Morgan fingerprint density at radius 1 is 0.938 bits per heavy atom. The van der Waals surface area contributed by atoms with Crippen LogP contribution >= 0.6 is 0 Å². The Hall–Kier alpha value is -3.20. The van der Waals surface area contributed by atoms with E-state index in [4.69, 9.17) is 4.42 Å². The molecule has 0 amide bonds. The number of rotatable bonds is 6. The lowest BCUT2D eigenvalue weighted by atomic mass is 9.87. The first-order valence-corrected chi connectivity index (χ1v) is 11.7. The number of benzene rings is 3. The number of hydrogen-bond acceptors (Lipinski definition) is 2. The van der Waals surface area contributed by atoms with Gasteiger partial charge in [-0.2, -0.15) is 0 Å². The predicted octanol–water partition coefficient (Wildman–Crippen LogP) is 5.37. The van der Waals surface area contributed by atoms with Gasteiger partial charge in [0.15, 0.2) is 5.78 Å². The van der Waals surface area contributed by atoms with Crippen molar-refractivity contribution in [1.82, 2.24) is 0 Å². The third-order valence-electron chi connectivity index (χ3n) is 6.23. The van der Waals surface area contributed by atoms with Gasteiger partial charge < -0.3 is 4.42 Å². The summed E-state index contributed by atoms with van der Waals surface area (Å²) >= 11 is 0. The third kappa shape index (κ3) is 3.88. The van der Waals surface area contributed by atoms with E-state index in [9.17, 15) is 4.79 Å². The SMILES string of the molecule is CCCc1cc2oc3cc(=[NH+]CC)c(C)cc-3c(-c3ccccc3C(=O)CC)c2cc1C. The van der Waals surface area contributed by atoms with E-state index in [1.807, 2.05) is 25.1 Å². The summed E-state index contributed by atoms with van der Waals surface area (Å²) in [4.78, 5) is 16.3. The van der Waals surface area contributed by atoms with Gasteiger partial charge in [-0.05, 0) is 62.1 Å². The van der Waals surface area contributed by atoms with Crippen molar-refractivity contribution >= 4 is 16.8 Å². The molecule has 2 aliphatic rings. The highest BCUT2D eigenvalue weighted by Gasteiger charge is 2.22. The summed E-state index contributed by atoms with van der Waals surface area (Å²) in [5, 5.41) is 2.13. The zero-order valence-electron chi connectivity index (χ0n) is 19.8. The number of nitrogens with one attached hydrogen (secondary N) is 1. The predicted molar refractivity (Wildman–Crippen MR) is 131 cm³/mol. The molecule has 3 nitrogen and oxygen atoms in total. The average molecular weight is 427 g/mol. The summed E-state index contributed by atoms with van der Waals surface area (Å²) in [6.07, 6.45) is 2.59. The molecule has 2 aromatic rings. The van der Waals surface area contributed by atoms with Gasteiger partial charge in [0.1, 0.15) is 17.9 Å². The smallest absolute Gasteiger partial charge is 0.204 e. The molecular weight excluding hydrogens is 394 g/mol. The first-order valence-electron chi connectivity index (χ1n) is 11.7. The van der Waals surface area contributed by atoms with Crippen molar-refractivity contribution in [3.05, 3.63) is 76.1 Å². The van der Waals surface area contributed by atoms with Crippen LogP contribution in [0.15, 0.2) is 52.9 Å².